The largest absolute Gasteiger partial charge is 0.403 e. The molecule has 0 spiro atoms. The molecule has 3 fully saturated rings. The molecule has 0 radical (unpaired) electrons. The minimum absolute atomic E-state index is 0.554. The van der Waals surface area contributed by atoms with Crippen molar-refractivity contribution in [1.29, 1.82) is 0 Å². The smallest absolute Gasteiger partial charge is 0.318 e. The molecule has 0 saturated carbocycles. The predicted octanol–water partition coefficient (Wildman–Crippen LogP) is 4.07. The van der Waals surface area contributed by atoms with Gasteiger partial charge in [0.1, 0.15) is 0 Å². The van der Waals surface area contributed by atoms with Gasteiger partial charge in [-0.15, -0.1) is 5.10 Å². The Kier molecular flexibility index (Phi) is 7.25. The average Bonchev–Trinajstić information content (AvgIpc) is 2.98. The van der Waals surface area contributed by atoms with Crippen LogP contribution >= 0.6 is 0 Å². The highest BCUT2D eigenvalue weighted by Crippen LogP contribution is 2.28. The summed E-state index contributed by atoms with van der Waals surface area (Å²) in [6.07, 6.45) is 2.39. The number of hydrogen-bond donors (Lipinski definition) is 0. The van der Waals surface area contributed by atoms with Crippen molar-refractivity contribution in [3.63, 3.8) is 0 Å². The molecule has 132 valence electrons. The fraction of sp³-hybridized carbons (Fsp3) is 0.579. The Hall–Kier alpha value is -1.88. The number of fused-ring (bicyclic) bond motifs is 4. The van der Waals surface area contributed by atoms with E-state index in [1.54, 1.807) is 0 Å². The van der Waals surface area contributed by atoms with Crippen molar-refractivity contribution in [2.24, 2.45) is 0 Å². The van der Waals surface area contributed by atoms with E-state index in [1.165, 1.54) is 25.9 Å². The van der Waals surface area contributed by atoms with Crippen LogP contribution in [0, 0.1) is 0 Å². The third kappa shape index (κ3) is 4.15. The molecule has 3 saturated heterocycles. The highest BCUT2D eigenvalue weighted by molar-refractivity contribution is 5.53. The van der Waals surface area contributed by atoms with E-state index >= 15 is 0 Å². The van der Waals surface area contributed by atoms with Crippen molar-refractivity contribution in [1.82, 2.24) is 15.1 Å². The Morgan fingerprint density at radius 1 is 0.875 bits per heavy atom. The first kappa shape index (κ1) is 18.5. The van der Waals surface area contributed by atoms with E-state index in [4.69, 9.17) is 4.42 Å². The molecule has 0 N–H and O–H groups in total. The molecular weight excluding hydrogens is 300 g/mol. The van der Waals surface area contributed by atoms with Crippen LogP contribution in [0.4, 0.5) is 6.01 Å². The number of rotatable bonds is 2. The molecule has 2 aromatic rings. The Bertz CT molecular complexity index is 576. The van der Waals surface area contributed by atoms with E-state index in [2.05, 4.69) is 20.0 Å². The van der Waals surface area contributed by atoms with E-state index in [9.17, 15) is 0 Å². The van der Waals surface area contributed by atoms with Crippen LogP contribution in [0.2, 0.25) is 0 Å². The van der Waals surface area contributed by atoms with Crippen LogP contribution in [-0.2, 0) is 0 Å². The average molecular weight is 330 g/mol. The second-order valence-corrected chi connectivity index (χ2v) is 5.52. The standard InChI is InChI=1S/C15H18N4O.2C2H6/c1-2-4-12(5-3-1)14-16-17-15(20-14)19-11-10-18-8-6-13(19)7-9-18;2*1-2/h1-5,13H,6-11H2;2*1-2H3. The lowest BCUT2D eigenvalue weighted by Gasteiger charge is -2.29. The third-order valence-electron chi connectivity index (χ3n) is 4.34. The summed E-state index contributed by atoms with van der Waals surface area (Å²) in [5, 5.41) is 8.47. The summed E-state index contributed by atoms with van der Waals surface area (Å²) in [4.78, 5) is 4.82. The summed E-state index contributed by atoms with van der Waals surface area (Å²) in [5.41, 5.74) is 0.981. The van der Waals surface area contributed by atoms with Crippen LogP contribution in [0.25, 0.3) is 11.5 Å². The molecular formula is C19H30N4O. The number of benzene rings is 1. The molecule has 2 bridgehead atoms. The van der Waals surface area contributed by atoms with Crippen molar-refractivity contribution in [3.05, 3.63) is 30.3 Å². The van der Waals surface area contributed by atoms with Crippen LogP contribution in [0.1, 0.15) is 40.5 Å². The summed E-state index contributed by atoms with van der Waals surface area (Å²) in [6.45, 7) is 12.5. The number of nitrogens with zero attached hydrogens (tertiary/aromatic N) is 4. The zero-order valence-corrected chi connectivity index (χ0v) is 15.4. The minimum atomic E-state index is 0.554. The van der Waals surface area contributed by atoms with Gasteiger partial charge in [0.25, 0.3) is 0 Å². The Morgan fingerprint density at radius 2 is 1.54 bits per heavy atom. The zero-order chi connectivity index (χ0) is 17.4. The van der Waals surface area contributed by atoms with Gasteiger partial charge in [-0.1, -0.05) is 51.0 Å². The second-order valence-electron chi connectivity index (χ2n) is 5.52. The van der Waals surface area contributed by atoms with E-state index in [1.807, 2.05) is 58.0 Å². The van der Waals surface area contributed by atoms with Crippen molar-refractivity contribution < 1.29 is 4.42 Å². The van der Waals surface area contributed by atoms with Crippen LogP contribution in [0.5, 0.6) is 0 Å². The molecule has 5 heteroatoms. The summed E-state index contributed by atoms with van der Waals surface area (Å²) in [7, 11) is 0. The predicted molar refractivity (Wildman–Crippen MR) is 99.2 cm³/mol. The van der Waals surface area contributed by atoms with E-state index < -0.39 is 0 Å². The quantitative estimate of drug-likeness (QED) is 0.830. The number of anilines is 1. The van der Waals surface area contributed by atoms with Gasteiger partial charge >= 0.3 is 6.01 Å². The highest BCUT2D eigenvalue weighted by atomic mass is 16.4. The van der Waals surface area contributed by atoms with Crippen LogP contribution in [0.15, 0.2) is 34.7 Å². The summed E-state index contributed by atoms with van der Waals surface area (Å²) < 4.78 is 5.90. The van der Waals surface area contributed by atoms with Crippen LogP contribution in [0.3, 0.4) is 0 Å². The van der Waals surface area contributed by atoms with Crippen LogP contribution < -0.4 is 4.90 Å². The molecule has 4 heterocycles. The molecule has 3 aliphatic heterocycles. The maximum Gasteiger partial charge on any atom is 0.318 e. The fourth-order valence-electron chi connectivity index (χ4n) is 3.17. The first-order valence-corrected chi connectivity index (χ1v) is 9.28. The Balaban J connectivity index is 0.000000487. The number of piperidine rings is 1. The second kappa shape index (κ2) is 9.42. The minimum Gasteiger partial charge on any atom is -0.403 e. The normalized spacial score (nSPS) is 21.9. The molecule has 5 rings (SSSR count). The van der Waals surface area contributed by atoms with Crippen molar-refractivity contribution in [2.75, 3.05) is 31.1 Å². The number of hydrogen-bond acceptors (Lipinski definition) is 5. The van der Waals surface area contributed by atoms with Gasteiger partial charge in [-0.3, -0.25) is 0 Å². The molecule has 5 nitrogen and oxygen atoms in total. The molecule has 24 heavy (non-hydrogen) atoms. The van der Waals surface area contributed by atoms with Gasteiger partial charge in [-0.2, -0.15) is 0 Å². The van der Waals surface area contributed by atoms with Crippen LogP contribution in [-0.4, -0.2) is 47.3 Å². The van der Waals surface area contributed by atoms with Gasteiger partial charge in [-0.05, 0) is 25.0 Å². The van der Waals surface area contributed by atoms with Gasteiger partial charge in [-0.25, -0.2) is 0 Å². The monoisotopic (exact) mass is 330 g/mol. The molecule has 1 aromatic carbocycles. The Morgan fingerprint density at radius 3 is 2.21 bits per heavy atom. The first-order valence-electron chi connectivity index (χ1n) is 9.28. The van der Waals surface area contributed by atoms with Gasteiger partial charge < -0.3 is 14.2 Å². The lowest BCUT2D eigenvalue weighted by atomic mass is 10.1. The molecule has 0 atom stereocenters. The fourth-order valence-corrected chi connectivity index (χ4v) is 3.17. The van der Waals surface area contributed by atoms with Gasteiger partial charge in [0, 0.05) is 37.8 Å². The van der Waals surface area contributed by atoms with Crippen molar-refractivity contribution in [2.45, 2.75) is 46.6 Å². The van der Waals surface area contributed by atoms with Crippen molar-refractivity contribution in [3.8, 4) is 11.5 Å². The molecule has 0 amide bonds. The van der Waals surface area contributed by atoms with Gasteiger partial charge in [0.2, 0.25) is 5.89 Å². The third-order valence-corrected chi connectivity index (χ3v) is 4.34. The van der Waals surface area contributed by atoms with E-state index in [0.29, 0.717) is 17.9 Å². The van der Waals surface area contributed by atoms with E-state index in [0.717, 1.165) is 18.7 Å². The topological polar surface area (TPSA) is 45.4 Å². The van der Waals surface area contributed by atoms with Gasteiger partial charge in [0.15, 0.2) is 0 Å². The zero-order valence-electron chi connectivity index (χ0n) is 15.4. The van der Waals surface area contributed by atoms with E-state index in [-0.39, 0.29) is 0 Å². The highest BCUT2D eigenvalue weighted by Gasteiger charge is 2.31. The molecule has 1 aromatic heterocycles. The summed E-state index contributed by atoms with van der Waals surface area (Å²) >= 11 is 0. The first-order chi connectivity index (χ1) is 11.9. The number of aromatic nitrogens is 2. The molecule has 0 aliphatic carbocycles. The Labute approximate surface area is 145 Å². The van der Waals surface area contributed by atoms with Crippen molar-refractivity contribution >= 4 is 6.01 Å². The molecule has 0 unspecified atom stereocenters. The summed E-state index contributed by atoms with van der Waals surface area (Å²) in [5.74, 6) is 0.611. The molecule has 3 aliphatic rings. The SMILES string of the molecule is CC.CC.c1ccc(-c2nnc(N3CCN4CCC3CC4)o2)cc1. The summed E-state index contributed by atoms with van der Waals surface area (Å²) in [6, 6.07) is 11.2. The maximum atomic E-state index is 5.90. The lowest BCUT2D eigenvalue weighted by molar-refractivity contribution is 0.249. The maximum absolute atomic E-state index is 5.90. The van der Waals surface area contributed by atoms with Gasteiger partial charge in [0.05, 0.1) is 0 Å². The lowest BCUT2D eigenvalue weighted by Crippen LogP contribution is -2.38.